The van der Waals surface area contributed by atoms with Crippen molar-refractivity contribution < 1.29 is 23.4 Å². The number of nitrogens with two attached hydrogens (primary N) is 1. The van der Waals surface area contributed by atoms with E-state index in [9.17, 15) is 9.18 Å². The highest BCUT2D eigenvalue weighted by Crippen LogP contribution is 2.35. The van der Waals surface area contributed by atoms with E-state index in [1.807, 2.05) is 0 Å². The van der Waals surface area contributed by atoms with Crippen LogP contribution in [0.15, 0.2) is 0 Å². The van der Waals surface area contributed by atoms with Crippen molar-refractivity contribution in [3.05, 3.63) is 16.0 Å². The van der Waals surface area contributed by atoms with Gasteiger partial charge in [-0.05, 0) is 12.8 Å². The number of rotatable bonds is 5. The van der Waals surface area contributed by atoms with E-state index < -0.39 is 23.5 Å². The van der Waals surface area contributed by atoms with Gasteiger partial charge in [-0.15, -0.1) is 0 Å². The predicted octanol–water partition coefficient (Wildman–Crippen LogP) is 2.21. The molecular formula is C12H13Cl2FN2O4. The number of carbonyl (C=O) groups excluding carboxylic acids is 1. The van der Waals surface area contributed by atoms with Crippen molar-refractivity contribution in [1.82, 2.24) is 4.98 Å². The maximum absolute atomic E-state index is 13.3. The number of nitrogens with zero attached hydrogens (tertiary/aromatic N) is 1. The van der Waals surface area contributed by atoms with Crippen LogP contribution in [0.1, 0.15) is 12.8 Å². The zero-order chi connectivity index (χ0) is 15.4. The van der Waals surface area contributed by atoms with Crippen LogP contribution in [0, 0.1) is 5.95 Å². The molecule has 1 fully saturated rings. The molecule has 0 spiro atoms. The Bertz CT molecular complexity index is 538. The number of pyridine rings is 1. The van der Waals surface area contributed by atoms with Gasteiger partial charge in [0.1, 0.15) is 16.7 Å². The highest BCUT2D eigenvalue weighted by Gasteiger charge is 2.19. The molecule has 2 heterocycles. The van der Waals surface area contributed by atoms with Gasteiger partial charge < -0.3 is 19.9 Å². The third-order valence-electron chi connectivity index (χ3n) is 2.82. The van der Waals surface area contributed by atoms with Crippen LogP contribution in [-0.2, 0) is 14.3 Å². The lowest BCUT2D eigenvalue weighted by molar-refractivity contribution is -0.149. The number of aromatic nitrogens is 1. The summed E-state index contributed by atoms with van der Waals surface area (Å²) in [6, 6.07) is 0. The molecule has 1 aromatic rings. The van der Waals surface area contributed by atoms with Crippen molar-refractivity contribution in [3.8, 4) is 5.88 Å². The van der Waals surface area contributed by atoms with Crippen LogP contribution in [0.25, 0.3) is 0 Å². The Balaban J connectivity index is 1.86. The zero-order valence-electron chi connectivity index (χ0n) is 10.9. The molecule has 0 radical (unpaired) electrons. The summed E-state index contributed by atoms with van der Waals surface area (Å²) in [7, 11) is 0. The first-order chi connectivity index (χ1) is 9.99. The van der Waals surface area contributed by atoms with E-state index in [2.05, 4.69) is 4.98 Å². The van der Waals surface area contributed by atoms with Gasteiger partial charge in [-0.3, -0.25) is 0 Å². The Hall–Kier alpha value is -1.31. The summed E-state index contributed by atoms with van der Waals surface area (Å²) < 4.78 is 28.6. The zero-order valence-corrected chi connectivity index (χ0v) is 12.4. The summed E-state index contributed by atoms with van der Waals surface area (Å²) >= 11 is 11.3. The number of anilines is 1. The number of ether oxygens (including phenoxy) is 3. The van der Waals surface area contributed by atoms with E-state index in [0.29, 0.717) is 6.61 Å². The lowest BCUT2D eigenvalue weighted by Gasteiger charge is -2.12. The highest BCUT2D eigenvalue weighted by molar-refractivity contribution is 6.39. The topological polar surface area (TPSA) is 83.7 Å². The monoisotopic (exact) mass is 338 g/mol. The van der Waals surface area contributed by atoms with Crippen LogP contribution in [0.2, 0.25) is 10.0 Å². The second-order valence-corrected chi connectivity index (χ2v) is 5.11. The molecule has 1 unspecified atom stereocenters. The summed E-state index contributed by atoms with van der Waals surface area (Å²) in [6.07, 6.45) is 1.71. The minimum absolute atomic E-state index is 0.0840. The molecule has 0 aromatic carbocycles. The Morgan fingerprint density at radius 3 is 2.90 bits per heavy atom. The Labute approximate surface area is 130 Å². The third-order valence-corrected chi connectivity index (χ3v) is 3.55. The van der Waals surface area contributed by atoms with E-state index in [4.69, 9.17) is 43.1 Å². The third kappa shape index (κ3) is 4.09. The number of hydrogen-bond acceptors (Lipinski definition) is 6. The molecule has 2 rings (SSSR count). The summed E-state index contributed by atoms with van der Waals surface area (Å²) in [5.41, 5.74) is 5.27. The Morgan fingerprint density at radius 2 is 2.24 bits per heavy atom. The average Bonchev–Trinajstić information content (AvgIpc) is 2.98. The SMILES string of the molecule is Nc1c(Cl)c(F)nc(OCC(=O)OCC2CCCO2)c1Cl. The first-order valence-corrected chi connectivity index (χ1v) is 6.94. The van der Waals surface area contributed by atoms with Crippen molar-refractivity contribution in [1.29, 1.82) is 0 Å². The van der Waals surface area contributed by atoms with Crippen molar-refractivity contribution in [2.45, 2.75) is 18.9 Å². The highest BCUT2D eigenvalue weighted by atomic mass is 35.5. The quantitative estimate of drug-likeness (QED) is 0.654. The number of esters is 1. The lowest BCUT2D eigenvalue weighted by atomic mass is 10.2. The largest absolute Gasteiger partial charge is 0.464 e. The number of halogens is 3. The predicted molar refractivity (Wildman–Crippen MR) is 74.1 cm³/mol. The molecule has 0 amide bonds. The van der Waals surface area contributed by atoms with Crippen molar-refractivity contribution >= 4 is 34.9 Å². The molecule has 0 saturated carbocycles. The second kappa shape index (κ2) is 7.11. The van der Waals surface area contributed by atoms with E-state index in [0.717, 1.165) is 12.8 Å². The molecule has 2 N–H and O–H groups in total. The fourth-order valence-corrected chi connectivity index (χ4v) is 2.11. The molecule has 6 nitrogen and oxygen atoms in total. The van der Waals surface area contributed by atoms with E-state index >= 15 is 0 Å². The maximum Gasteiger partial charge on any atom is 0.344 e. The number of carbonyl (C=O) groups is 1. The minimum atomic E-state index is -1.03. The molecule has 1 aliphatic rings. The molecule has 1 aliphatic heterocycles. The Morgan fingerprint density at radius 1 is 1.48 bits per heavy atom. The molecule has 0 bridgehead atoms. The molecule has 1 aromatic heterocycles. The average molecular weight is 339 g/mol. The fraction of sp³-hybridized carbons (Fsp3) is 0.500. The lowest BCUT2D eigenvalue weighted by Crippen LogP contribution is -2.22. The standard InChI is InChI=1S/C12H13Cl2FN2O4/c13-8-10(16)9(14)12(17-11(8)15)21-5-7(18)20-4-6-2-1-3-19-6/h6H,1-5H2,(H2,16,17). The molecular weight excluding hydrogens is 326 g/mol. The molecule has 1 saturated heterocycles. The van der Waals surface area contributed by atoms with Gasteiger partial charge in [0.25, 0.3) is 0 Å². The number of hydrogen-bond donors (Lipinski definition) is 1. The van der Waals surface area contributed by atoms with Crippen LogP contribution in [0.5, 0.6) is 5.88 Å². The molecule has 21 heavy (non-hydrogen) atoms. The van der Waals surface area contributed by atoms with E-state index in [-0.39, 0.29) is 29.3 Å². The van der Waals surface area contributed by atoms with Gasteiger partial charge in [0.15, 0.2) is 6.61 Å². The van der Waals surface area contributed by atoms with Gasteiger partial charge in [0, 0.05) is 6.61 Å². The van der Waals surface area contributed by atoms with Crippen LogP contribution in [0.3, 0.4) is 0 Å². The van der Waals surface area contributed by atoms with Crippen LogP contribution < -0.4 is 10.5 Å². The van der Waals surface area contributed by atoms with Gasteiger partial charge in [0.05, 0.1) is 11.8 Å². The van der Waals surface area contributed by atoms with Gasteiger partial charge in [0.2, 0.25) is 11.8 Å². The normalized spacial score (nSPS) is 17.8. The van der Waals surface area contributed by atoms with Gasteiger partial charge >= 0.3 is 5.97 Å². The van der Waals surface area contributed by atoms with Crippen LogP contribution >= 0.6 is 23.2 Å². The van der Waals surface area contributed by atoms with E-state index in [1.54, 1.807) is 0 Å². The van der Waals surface area contributed by atoms with Crippen molar-refractivity contribution in [2.75, 3.05) is 25.6 Å². The smallest absolute Gasteiger partial charge is 0.344 e. The van der Waals surface area contributed by atoms with Crippen molar-refractivity contribution in [2.24, 2.45) is 0 Å². The van der Waals surface area contributed by atoms with Gasteiger partial charge in [-0.2, -0.15) is 9.37 Å². The Kier molecular flexibility index (Phi) is 5.44. The summed E-state index contributed by atoms with van der Waals surface area (Å²) in [5, 5.41) is -0.554. The molecule has 1 atom stereocenters. The maximum atomic E-state index is 13.3. The van der Waals surface area contributed by atoms with E-state index in [1.165, 1.54) is 0 Å². The first kappa shape index (κ1) is 16.1. The van der Waals surface area contributed by atoms with Crippen LogP contribution in [0.4, 0.5) is 10.1 Å². The molecule has 116 valence electrons. The van der Waals surface area contributed by atoms with Crippen molar-refractivity contribution in [3.63, 3.8) is 0 Å². The fourth-order valence-electron chi connectivity index (χ4n) is 1.74. The summed E-state index contributed by atoms with van der Waals surface area (Å²) in [5.74, 6) is -1.98. The summed E-state index contributed by atoms with van der Waals surface area (Å²) in [4.78, 5) is 14.9. The second-order valence-electron chi connectivity index (χ2n) is 4.36. The molecule has 9 heteroatoms. The van der Waals surface area contributed by atoms with Gasteiger partial charge in [-0.25, -0.2) is 4.79 Å². The molecule has 0 aliphatic carbocycles. The first-order valence-electron chi connectivity index (χ1n) is 6.19. The van der Waals surface area contributed by atoms with Crippen LogP contribution in [-0.4, -0.2) is 36.9 Å². The summed E-state index contributed by atoms with van der Waals surface area (Å²) in [6.45, 7) is 0.349. The number of nitrogen functional groups attached to an aromatic ring is 1. The van der Waals surface area contributed by atoms with Gasteiger partial charge in [-0.1, -0.05) is 23.2 Å². The minimum Gasteiger partial charge on any atom is -0.464 e.